The molecular formula is C21H41N3. The van der Waals surface area contributed by atoms with E-state index in [9.17, 15) is 0 Å². The molecule has 0 bridgehead atoms. The summed E-state index contributed by atoms with van der Waals surface area (Å²) in [7, 11) is 2.20. The maximum atomic E-state index is 8.24. The van der Waals surface area contributed by atoms with Gasteiger partial charge in [-0.3, -0.25) is 10.3 Å². The van der Waals surface area contributed by atoms with E-state index in [0.29, 0.717) is 5.84 Å². The third kappa shape index (κ3) is 6.96. The monoisotopic (exact) mass is 335 g/mol. The lowest BCUT2D eigenvalue weighted by Crippen LogP contribution is -2.50. The molecule has 1 rings (SSSR count). The van der Waals surface area contributed by atoms with Crippen LogP contribution in [0.1, 0.15) is 85.5 Å². The molecule has 0 atom stereocenters. The van der Waals surface area contributed by atoms with Gasteiger partial charge in [-0.2, -0.15) is 0 Å². The number of allylic oxidation sites excluding steroid dienone is 2. The Balaban J connectivity index is 2.27. The zero-order valence-corrected chi connectivity index (χ0v) is 16.9. The fourth-order valence-electron chi connectivity index (χ4n) is 3.86. The van der Waals surface area contributed by atoms with Crippen LogP contribution in [0.4, 0.5) is 0 Å². The standard InChI is InChI=1S/C21H41N3/c1-6-10-18(7-2)11-9-16-23-20(22)17-24(5)21(4)14-12-19(8-3)13-15-21/h7,19H,6,8-17H2,1-5H3,(H2,22,23)/b18-7+. The van der Waals surface area contributed by atoms with Crippen molar-refractivity contribution in [1.29, 1.82) is 5.41 Å². The second-order valence-corrected chi connectivity index (χ2v) is 7.91. The minimum atomic E-state index is 0.277. The third-order valence-corrected chi connectivity index (χ3v) is 6.07. The predicted octanol–water partition coefficient (Wildman–Crippen LogP) is 5.37. The van der Waals surface area contributed by atoms with Gasteiger partial charge in [0.05, 0.1) is 6.54 Å². The summed E-state index contributed by atoms with van der Waals surface area (Å²) in [5.74, 6) is 1.60. The highest BCUT2D eigenvalue weighted by Gasteiger charge is 2.34. The van der Waals surface area contributed by atoms with Gasteiger partial charge in [0, 0.05) is 12.1 Å². The Labute approximate surface area is 150 Å². The molecule has 0 aromatic rings. The van der Waals surface area contributed by atoms with E-state index >= 15 is 0 Å². The van der Waals surface area contributed by atoms with Gasteiger partial charge in [0.1, 0.15) is 5.84 Å². The van der Waals surface area contributed by atoms with Crippen LogP contribution in [0.15, 0.2) is 11.6 Å². The topological polar surface area (TPSA) is 39.1 Å². The molecule has 0 heterocycles. The van der Waals surface area contributed by atoms with Crippen molar-refractivity contribution in [2.75, 3.05) is 20.1 Å². The summed E-state index contributed by atoms with van der Waals surface area (Å²) in [5.41, 5.74) is 1.84. The summed E-state index contributed by atoms with van der Waals surface area (Å²) in [6.07, 6.45) is 13.6. The second kappa shape index (κ2) is 10.9. The average Bonchev–Trinajstić information content (AvgIpc) is 2.58. The Morgan fingerprint density at radius 2 is 1.92 bits per heavy atom. The van der Waals surface area contributed by atoms with Crippen molar-refractivity contribution in [1.82, 2.24) is 10.2 Å². The van der Waals surface area contributed by atoms with Gasteiger partial charge in [0.15, 0.2) is 0 Å². The first-order valence-corrected chi connectivity index (χ1v) is 10.1. The number of rotatable bonds is 10. The molecule has 0 saturated heterocycles. The lowest BCUT2D eigenvalue weighted by atomic mass is 9.76. The first-order valence-electron chi connectivity index (χ1n) is 10.1. The van der Waals surface area contributed by atoms with Crippen molar-refractivity contribution in [3.8, 4) is 0 Å². The highest BCUT2D eigenvalue weighted by Crippen LogP contribution is 2.36. The van der Waals surface area contributed by atoms with Crippen molar-refractivity contribution in [2.24, 2.45) is 5.92 Å². The average molecular weight is 336 g/mol. The quantitative estimate of drug-likeness (QED) is 0.244. The summed E-state index contributed by atoms with van der Waals surface area (Å²) in [4.78, 5) is 2.41. The zero-order chi connectivity index (χ0) is 18.0. The Morgan fingerprint density at radius 3 is 2.46 bits per heavy atom. The Kier molecular flexibility index (Phi) is 9.65. The van der Waals surface area contributed by atoms with E-state index < -0.39 is 0 Å². The molecule has 1 saturated carbocycles. The van der Waals surface area contributed by atoms with Gasteiger partial charge in [-0.1, -0.05) is 38.3 Å². The van der Waals surface area contributed by atoms with Crippen LogP contribution >= 0.6 is 0 Å². The Bertz CT molecular complexity index is 392. The van der Waals surface area contributed by atoms with Gasteiger partial charge in [-0.05, 0) is 71.8 Å². The van der Waals surface area contributed by atoms with E-state index in [1.807, 2.05) is 0 Å². The number of amidine groups is 1. The molecule has 0 aliphatic heterocycles. The lowest BCUT2D eigenvalue weighted by molar-refractivity contribution is 0.0861. The van der Waals surface area contributed by atoms with Gasteiger partial charge >= 0.3 is 0 Å². The van der Waals surface area contributed by atoms with Crippen molar-refractivity contribution in [3.05, 3.63) is 11.6 Å². The maximum absolute atomic E-state index is 8.24. The molecule has 2 N–H and O–H groups in total. The number of nitrogens with zero attached hydrogens (tertiary/aromatic N) is 1. The molecule has 0 spiro atoms. The second-order valence-electron chi connectivity index (χ2n) is 7.91. The molecule has 3 heteroatoms. The smallest absolute Gasteiger partial charge is 0.108 e. The zero-order valence-electron chi connectivity index (χ0n) is 16.9. The molecule has 3 nitrogen and oxygen atoms in total. The van der Waals surface area contributed by atoms with Crippen LogP contribution in [0.2, 0.25) is 0 Å². The normalized spacial score (nSPS) is 25.1. The SMILES string of the molecule is C/C=C(\CCC)CCCNC(=N)CN(C)C1(C)CCC(CC)CC1. The van der Waals surface area contributed by atoms with Gasteiger partial charge in [-0.15, -0.1) is 0 Å². The van der Waals surface area contributed by atoms with Crippen LogP contribution in [-0.4, -0.2) is 36.4 Å². The lowest BCUT2D eigenvalue weighted by Gasteiger charge is -2.44. The molecule has 1 aliphatic rings. The van der Waals surface area contributed by atoms with Gasteiger partial charge < -0.3 is 5.32 Å². The largest absolute Gasteiger partial charge is 0.373 e. The summed E-state index contributed by atoms with van der Waals surface area (Å²) in [6.45, 7) is 10.7. The van der Waals surface area contributed by atoms with Crippen LogP contribution < -0.4 is 5.32 Å². The van der Waals surface area contributed by atoms with Crippen molar-refractivity contribution < 1.29 is 0 Å². The summed E-state index contributed by atoms with van der Waals surface area (Å²) in [5, 5.41) is 11.6. The Morgan fingerprint density at radius 1 is 1.25 bits per heavy atom. The molecule has 0 amide bonds. The molecule has 0 aromatic heterocycles. The van der Waals surface area contributed by atoms with Crippen molar-refractivity contribution >= 4 is 5.84 Å². The van der Waals surface area contributed by atoms with Crippen molar-refractivity contribution in [2.45, 2.75) is 91.0 Å². The molecule has 1 aliphatic carbocycles. The van der Waals surface area contributed by atoms with Gasteiger partial charge in [-0.25, -0.2) is 0 Å². The summed E-state index contributed by atoms with van der Waals surface area (Å²) >= 11 is 0. The number of hydrogen-bond acceptors (Lipinski definition) is 2. The first-order chi connectivity index (χ1) is 11.4. The molecule has 1 fully saturated rings. The molecule has 140 valence electrons. The molecule has 24 heavy (non-hydrogen) atoms. The Hall–Kier alpha value is -0.830. The molecule has 0 aromatic carbocycles. The molecule has 0 unspecified atom stereocenters. The summed E-state index contributed by atoms with van der Waals surface area (Å²) < 4.78 is 0. The van der Waals surface area contributed by atoms with Crippen LogP contribution in [0, 0.1) is 11.3 Å². The van der Waals surface area contributed by atoms with Gasteiger partial charge in [0.25, 0.3) is 0 Å². The van der Waals surface area contributed by atoms with E-state index in [0.717, 1.165) is 31.8 Å². The van der Waals surface area contributed by atoms with E-state index in [2.05, 4.69) is 51.0 Å². The molecular weight excluding hydrogens is 294 g/mol. The van der Waals surface area contributed by atoms with E-state index in [-0.39, 0.29) is 5.54 Å². The third-order valence-electron chi connectivity index (χ3n) is 6.07. The van der Waals surface area contributed by atoms with Crippen LogP contribution in [0.3, 0.4) is 0 Å². The van der Waals surface area contributed by atoms with E-state index in [4.69, 9.17) is 5.41 Å². The minimum absolute atomic E-state index is 0.277. The van der Waals surface area contributed by atoms with E-state index in [1.165, 1.54) is 44.9 Å². The highest BCUT2D eigenvalue weighted by atomic mass is 15.2. The number of likely N-dealkylation sites (N-methyl/N-ethyl adjacent to an activating group) is 1. The fraction of sp³-hybridized carbons (Fsp3) is 0.857. The maximum Gasteiger partial charge on any atom is 0.108 e. The summed E-state index contributed by atoms with van der Waals surface area (Å²) in [6, 6.07) is 0. The number of hydrogen-bond donors (Lipinski definition) is 2. The molecule has 0 radical (unpaired) electrons. The highest BCUT2D eigenvalue weighted by molar-refractivity contribution is 5.80. The number of nitrogens with one attached hydrogen (secondary N) is 2. The fourth-order valence-corrected chi connectivity index (χ4v) is 3.86. The van der Waals surface area contributed by atoms with E-state index in [1.54, 1.807) is 5.57 Å². The van der Waals surface area contributed by atoms with Crippen LogP contribution in [-0.2, 0) is 0 Å². The van der Waals surface area contributed by atoms with Crippen LogP contribution in [0.5, 0.6) is 0 Å². The minimum Gasteiger partial charge on any atom is -0.373 e. The first kappa shape index (κ1) is 21.2. The predicted molar refractivity (Wildman–Crippen MR) is 107 cm³/mol. The van der Waals surface area contributed by atoms with Crippen molar-refractivity contribution in [3.63, 3.8) is 0 Å². The van der Waals surface area contributed by atoms with Gasteiger partial charge in [0.2, 0.25) is 0 Å². The van der Waals surface area contributed by atoms with Crippen LogP contribution in [0.25, 0.3) is 0 Å².